The van der Waals surface area contributed by atoms with Crippen LogP contribution >= 0.6 is 0 Å². The average Bonchev–Trinajstić information content (AvgIpc) is 2.58. The van der Waals surface area contributed by atoms with E-state index in [4.69, 9.17) is 13.9 Å². The summed E-state index contributed by atoms with van der Waals surface area (Å²) in [6.07, 6.45) is 0. The summed E-state index contributed by atoms with van der Waals surface area (Å²) >= 11 is 0. The number of carbonyl (C=O) groups is 1. The number of benzene rings is 2. The Balaban J connectivity index is 2.21. The number of phenolic OH excluding ortho intramolecular Hbond substituents is 1. The molecule has 0 atom stereocenters. The number of esters is 1. The molecule has 3 rings (SSSR count). The van der Waals surface area contributed by atoms with E-state index in [0.29, 0.717) is 11.1 Å². The summed E-state index contributed by atoms with van der Waals surface area (Å²) in [6, 6.07) is 7.58. The van der Waals surface area contributed by atoms with Gasteiger partial charge in [0, 0.05) is 12.1 Å². The van der Waals surface area contributed by atoms with E-state index >= 15 is 0 Å². The Hall–Kier alpha value is -3.22. The highest BCUT2D eigenvalue weighted by Gasteiger charge is 2.16. The molecular weight excluding hydrogens is 316 g/mol. The summed E-state index contributed by atoms with van der Waals surface area (Å²) in [5.41, 5.74) is 0.000974. The Morgan fingerprint density at radius 3 is 2.75 bits per heavy atom. The SMILES string of the molecule is COC(=O)COc1cc(O)c2c(=O)c3cccc(OC)c3oc2c1. The molecule has 24 heavy (non-hydrogen) atoms. The summed E-state index contributed by atoms with van der Waals surface area (Å²) in [5, 5.41) is 10.5. The molecule has 0 aliphatic rings. The maximum absolute atomic E-state index is 12.6. The van der Waals surface area contributed by atoms with E-state index in [0.717, 1.165) is 0 Å². The Morgan fingerprint density at radius 2 is 2.04 bits per heavy atom. The first-order valence-electron chi connectivity index (χ1n) is 7.01. The van der Waals surface area contributed by atoms with Gasteiger partial charge in [-0.05, 0) is 12.1 Å². The van der Waals surface area contributed by atoms with Gasteiger partial charge >= 0.3 is 5.97 Å². The standard InChI is InChI=1S/C17H14O7/c1-21-12-5-3-4-10-16(20)15-11(18)6-9(23-8-14(19)22-2)7-13(15)24-17(10)12/h3-7,18H,8H2,1-2H3. The van der Waals surface area contributed by atoms with Gasteiger partial charge in [-0.15, -0.1) is 0 Å². The van der Waals surface area contributed by atoms with Crippen LogP contribution in [0.2, 0.25) is 0 Å². The topological polar surface area (TPSA) is 95.2 Å². The van der Waals surface area contributed by atoms with Crippen LogP contribution in [0.3, 0.4) is 0 Å². The van der Waals surface area contributed by atoms with Crippen molar-refractivity contribution in [2.24, 2.45) is 0 Å². The van der Waals surface area contributed by atoms with Crippen molar-refractivity contribution < 1.29 is 28.5 Å². The Kier molecular flexibility index (Phi) is 3.99. The number of carbonyl (C=O) groups excluding carboxylic acids is 1. The fourth-order valence-corrected chi connectivity index (χ4v) is 2.37. The van der Waals surface area contributed by atoms with Gasteiger partial charge in [0.05, 0.1) is 19.6 Å². The first kappa shape index (κ1) is 15.7. The summed E-state index contributed by atoms with van der Waals surface area (Å²) < 4.78 is 20.6. The minimum absolute atomic E-state index is 0.0289. The molecular formula is C17H14O7. The van der Waals surface area contributed by atoms with Crippen LogP contribution in [0.5, 0.6) is 17.2 Å². The van der Waals surface area contributed by atoms with Crippen LogP contribution in [0.15, 0.2) is 39.5 Å². The molecule has 0 fully saturated rings. The van der Waals surface area contributed by atoms with E-state index in [1.807, 2.05) is 0 Å². The van der Waals surface area contributed by atoms with E-state index < -0.39 is 5.97 Å². The quantitative estimate of drug-likeness (QED) is 0.579. The maximum Gasteiger partial charge on any atom is 0.343 e. The third kappa shape index (κ3) is 2.60. The predicted octanol–water partition coefficient (Wildman–Crippen LogP) is 2.21. The number of hydrogen-bond donors (Lipinski definition) is 1. The van der Waals surface area contributed by atoms with Gasteiger partial charge in [0.15, 0.2) is 17.9 Å². The highest BCUT2D eigenvalue weighted by molar-refractivity contribution is 5.95. The van der Waals surface area contributed by atoms with Crippen molar-refractivity contribution in [3.05, 3.63) is 40.6 Å². The zero-order valence-corrected chi connectivity index (χ0v) is 13.0. The second-order valence-electron chi connectivity index (χ2n) is 4.95. The Bertz CT molecular complexity index is 988. The molecule has 124 valence electrons. The van der Waals surface area contributed by atoms with Crippen molar-refractivity contribution >= 4 is 27.9 Å². The van der Waals surface area contributed by atoms with E-state index in [-0.39, 0.29) is 40.1 Å². The molecule has 1 N–H and O–H groups in total. The minimum Gasteiger partial charge on any atom is -0.507 e. The molecule has 0 unspecified atom stereocenters. The van der Waals surface area contributed by atoms with Crippen molar-refractivity contribution in [1.82, 2.24) is 0 Å². The average molecular weight is 330 g/mol. The van der Waals surface area contributed by atoms with Gasteiger partial charge in [-0.1, -0.05) is 6.07 Å². The molecule has 0 aliphatic heterocycles. The molecule has 2 aromatic carbocycles. The fraction of sp³-hybridized carbons (Fsp3) is 0.176. The van der Waals surface area contributed by atoms with Crippen molar-refractivity contribution in [2.45, 2.75) is 0 Å². The van der Waals surface area contributed by atoms with E-state index in [1.165, 1.54) is 26.4 Å². The number of para-hydroxylation sites is 1. The smallest absolute Gasteiger partial charge is 0.343 e. The van der Waals surface area contributed by atoms with Gasteiger partial charge in [0.25, 0.3) is 0 Å². The molecule has 0 spiro atoms. The third-order valence-electron chi connectivity index (χ3n) is 3.52. The first-order valence-corrected chi connectivity index (χ1v) is 7.01. The van der Waals surface area contributed by atoms with Crippen LogP contribution in [0, 0.1) is 0 Å². The van der Waals surface area contributed by atoms with Crippen molar-refractivity contribution in [3.63, 3.8) is 0 Å². The van der Waals surface area contributed by atoms with Gasteiger partial charge in [0.2, 0.25) is 5.43 Å². The lowest BCUT2D eigenvalue weighted by Crippen LogP contribution is -2.12. The van der Waals surface area contributed by atoms with Crippen LogP contribution in [0.25, 0.3) is 21.9 Å². The van der Waals surface area contributed by atoms with Crippen LogP contribution < -0.4 is 14.9 Å². The first-order chi connectivity index (χ1) is 11.5. The number of methoxy groups -OCH3 is 2. The molecule has 1 aromatic heterocycles. The number of fused-ring (bicyclic) bond motifs is 2. The molecule has 0 aliphatic carbocycles. The van der Waals surface area contributed by atoms with Crippen LogP contribution in [0.4, 0.5) is 0 Å². The van der Waals surface area contributed by atoms with Gasteiger partial charge in [0.1, 0.15) is 22.5 Å². The molecule has 3 aromatic rings. The molecule has 7 nitrogen and oxygen atoms in total. The molecule has 1 heterocycles. The molecule has 0 amide bonds. The normalized spacial score (nSPS) is 10.8. The third-order valence-corrected chi connectivity index (χ3v) is 3.52. The van der Waals surface area contributed by atoms with Crippen LogP contribution in [-0.4, -0.2) is 31.9 Å². The summed E-state index contributed by atoms with van der Waals surface area (Å²) in [5.74, 6) is -0.309. The zero-order chi connectivity index (χ0) is 17.3. The van der Waals surface area contributed by atoms with E-state index in [1.54, 1.807) is 18.2 Å². The van der Waals surface area contributed by atoms with Gasteiger partial charge < -0.3 is 23.7 Å². The lowest BCUT2D eigenvalue weighted by molar-refractivity contribution is -0.142. The lowest BCUT2D eigenvalue weighted by atomic mass is 10.1. The highest BCUT2D eigenvalue weighted by atomic mass is 16.6. The van der Waals surface area contributed by atoms with Crippen LogP contribution in [-0.2, 0) is 9.53 Å². The second-order valence-corrected chi connectivity index (χ2v) is 4.95. The molecule has 0 radical (unpaired) electrons. The van der Waals surface area contributed by atoms with Gasteiger partial charge in [-0.3, -0.25) is 4.79 Å². The Morgan fingerprint density at radius 1 is 1.25 bits per heavy atom. The van der Waals surface area contributed by atoms with Gasteiger partial charge in [-0.2, -0.15) is 0 Å². The van der Waals surface area contributed by atoms with E-state index in [9.17, 15) is 14.7 Å². The second kappa shape index (κ2) is 6.11. The molecule has 0 saturated carbocycles. The number of hydrogen-bond acceptors (Lipinski definition) is 7. The van der Waals surface area contributed by atoms with E-state index in [2.05, 4.69) is 4.74 Å². The lowest BCUT2D eigenvalue weighted by Gasteiger charge is -2.09. The van der Waals surface area contributed by atoms with Crippen LogP contribution in [0.1, 0.15) is 0 Å². The molecule has 7 heteroatoms. The van der Waals surface area contributed by atoms with Crippen molar-refractivity contribution in [2.75, 3.05) is 20.8 Å². The summed E-state index contributed by atoms with van der Waals surface area (Å²) in [6.45, 7) is -0.331. The minimum atomic E-state index is -0.573. The number of ether oxygens (including phenoxy) is 3. The summed E-state index contributed by atoms with van der Waals surface area (Å²) in [7, 11) is 2.70. The zero-order valence-electron chi connectivity index (χ0n) is 13.0. The predicted molar refractivity (Wildman–Crippen MR) is 85.7 cm³/mol. The number of phenols is 1. The monoisotopic (exact) mass is 330 g/mol. The molecule has 0 bridgehead atoms. The van der Waals surface area contributed by atoms with Crippen molar-refractivity contribution in [3.8, 4) is 17.2 Å². The largest absolute Gasteiger partial charge is 0.507 e. The highest BCUT2D eigenvalue weighted by Crippen LogP contribution is 2.33. The summed E-state index contributed by atoms with van der Waals surface area (Å²) in [4.78, 5) is 23.8. The van der Waals surface area contributed by atoms with Gasteiger partial charge in [-0.25, -0.2) is 4.79 Å². The number of aromatic hydroxyl groups is 1. The fourth-order valence-electron chi connectivity index (χ4n) is 2.37. The number of rotatable bonds is 4. The Labute approximate surface area is 136 Å². The maximum atomic E-state index is 12.6. The molecule has 0 saturated heterocycles. The van der Waals surface area contributed by atoms with Crippen molar-refractivity contribution in [1.29, 1.82) is 0 Å².